The number of hydrogen-bond acceptors (Lipinski definition) is 4. The van der Waals surface area contributed by atoms with Gasteiger partial charge in [-0.25, -0.2) is 17.5 Å². The summed E-state index contributed by atoms with van der Waals surface area (Å²) < 4.78 is 39.5. The van der Waals surface area contributed by atoms with Crippen molar-refractivity contribution < 1.29 is 17.9 Å². The Bertz CT molecular complexity index is 576. The highest BCUT2D eigenvalue weighted by atomic mass is 79.9. The van der Waals surface area contributed by atoms with Gasteiger partial charge in [0.15, 0.2) is 0 Å². The molecule has 0 fully saturated rings. The minimum Gasteiger partial charge on any atom is -0.398 e. The highest BCUT2D eigenvalue weighted by Gasteiger charge is 2.24. The number of halogens is 2. The number of nitrogens with two attached hydrogens (primary N) is 1. The fraction of sp³-hybridized carbons (Fsp3) is 0.455. The highest BCUT2D eigenvalue weighted by Crippen LogP contribution is 2.26. The molecule has 0 bridgehead atoms. The summed E-state index contributed by atoms with van der Waals surface area (Å²) >= 11 is 2.90. The van der Waals surface area contributed by atoms with E-state index in [1.807, 2.05) is 0 Å². The zero-order chi connectivity index (χ0) is 14.8. The molecule has 1 aromatic carbocycles. The van der Waals surface area contributed by atoms with E-state index in [-0.39, 0.29) is 21.6 Å². The van der Waals surface area contributed by atoms with Crippen LogP contribution >= 0.6 is 15.9 Å². The van der Waals surface area contributed by atoms with Crippen molar-refractivity contribution in [1.82, 2.24) is 4.72 Å². The van der Waals surface area contributed by atoms with Crippen molar-refractivity contribution in [3.05, 3.63) is 22.4 Å². The molecule has 8 heteroatoms. The first kappa shape index (κ1) is 16.4. The van der Waals surface area contributed by atoms with E-state index in [2.05, 4.69) is 20.7 Å². The van der Waals surface area contributed by atoms with Crippen molar-refractivity contribution in [3.63, 3.8) is 0 Å². The molecular formula is C11H16BrFN2O3S. The number of nitrogens with one attached hydrogen (secondary N) is 1. The van der Waals surface area contributed by atoms with E-state index < -0.39 is 21.4 Å². The molecule has 4 N–H and O–H groups in total. The summed E-state index contributed by atoms with van der Waals surface area (Å²) in [5.41, 5.74) is 4.16. The van der Waals surface area contributed by atoms with Crippen molar-refractivity contribution >= 4 is 31.6 Å². The van der Waals surface area contributed by atoms with Crippen molar-refractivity contribution in [3.8, 4) is 0 Å². The van der Waals surface area contributed by atoms with Crippen LogP contribution in [-0.2, 0) is 10.0 Å². The van der Waals surface area contributed by atoms with Crippen molar-refractivity contribution in [2.45, 2.75) is 30.8 Å². The first-order valence-electron chi connectivity index (χ1n) is 5.55. The van der Waals surface area contributed by atoms with Gasteiger partial charge in [-0.05, 0) is 41.4 Å². The number of nitrogen functional groups attached to an aromatic ring is 1. The number of anilines is 1. The molecule has 0 heterocycles. The summed E-state index contributed by atoms with van der Waals surface area (Å²) in [6.45, 7) is 3.09. The molecule has 0 saturated carbocycles. The van der Waals surface area contributed by atoms with E-state index in [1.54, 1.807) is 6.92 Å². The second kappa shape index (κ2) is 5.74. The minimum absolute atomic E-state index is 0.00401. The van der Waals surface area contributed by atoms with Crippen LogP contribution in [0.1, 0.15) is 20.3 Å². The van der Waals surface area contributed by atoms with Crippen molar-refractivity contribution in [2.24, 2.45) is 0 Å². The van der Waals surface area contributed by atoms with Gasteiger partial charge in [0.1, 0.15) is 10.7 Å². The van der Waals surface area contributed by atoms with Crippen molar-refractivity contribution in [2.75, 3.05) is 12.3 Å². The van der Waals surface area contributed by atoms with Crippen molar-refractivity contribution in [1.29, 1.82) is 0 Å². The summed E-state index contributed by atoms with van der Waals surface area (Å²) in [6, 6.07) is 2.02. The summed E-state index contributed by atoms with van der Waals surface area (Å²) in [6.07, 6.45) is 0.387. The molecule has 1 aromatic rings. The Kier molecular flexibility index (Phi) is 4.94. The average Bonchev–Trinajstić information content (AvgIpc) is 2.31. The Labute approximate surface area is 120 Å². The summed E-state index contributed by atoms with van der Waals surface area (Å²) in [4.78, 5) is -0.229. The van der Waals surface area contributed by atoms with E-state index in [9.17, 15) is 17.9 Å². The molecule has 0 aliphatic rings. The van der Waals surface area contributed by atoms with Gasteiger partial charge in [0, 0.05) is 6.54 Å². The summed E-state index contributed by atoms with van der Waals surface area (Å²) in [5.74, 6) is -0.642. The third-order valence-electron chi connectivity index (χ3n) is 2.75. The largest absolute Gasteiger partial charge is 0.398 e. The van der Waals surface area contributed by atoms with E-state index in [4.69, 9.17) is 5.73 Å². The van der Waals surface area contributed by atoms with Crippen LogP contribution in [0.15, 0.2) is 21.5 Å². The Hall–Kier alpha value is -0.700. The monoisotopic (exact) mass is 354 g/mol. The number of hydrogen-bond donors (Lipinski definition) is 3. The van der Waals surface area contributed by atoms with Gasteiger partial charge in [-0.3, -0.25) is 0 Å². The lowest BCUT2D eigenvalue weighted by molar-refractivity contribution is 0.0613. The normalized spacial score (nSPS) is 15.2. The molecular weight excluding hydrogens is 339 g/mol. The standard InChI is InChI=1S/C11H16BrFN2O3S/c1-3-11(2,16)6-15-19(17,18)10-4-7(12)8(13)5-9(10)14/h4-5,15-16H,3,6,14H2,1-2H3. The molecule has 1 atom stereocenters. The molecule has 0 spiro atoms. The lowest BCUT2D eigenvalue weighted by Crippen LogP contribution is -2.40. The molecule has 0 aromatic heterocycles. The lowest BCUT2D eigenvalue weighted by atomic mass is 10.1. The number of aliphatic hydroxyl groups is 1. The van der Waals surface area contributed by atoms with Gasteiger partial charge in [0.25, 0.3) is 0 Å². The van der Waals surface area contributed by atoms with Crippen LogP contribution < -0.4 is 10.5 Å². The van der Waals surface area contributed by atoms with Gasteiger partial charge in [0.2, 0.25) is 10.0 Å². The van der Waals surface area contributed by atoms with Crippen LogP contribution in [0.4, 0.5) is 10.1 Å². The molecule has 0 radical (unpaired) electrons. The lowest BCUT2D eigenvalue weighted by Gasteiger charge is -2.21. The molecule has 1 rings (SSSR count). The zero-order valence-electron chi connectivity index (χ0n) is 10.6. The van der Waals surface area contributed by atoms with Crippen LogP contribution in [0.2, 0.25) is 0 Å². The molecule has 0 aliphatic carbocycles. The number of sulfonamides is 1. The second-order valence-corrected chi connectivity index (χ2v) is 7.07. The Morgan fingerprint density at radius 1 is 1.53 bits per heavy atom. The van der Waals surface area contributed by atoms with Gasteiger partial charge < -0.3 is 10.8 Å². The fourth-order valence-corrected chi connectivity index (χ4v) is 3.02. The summed E-state index contributed by atoms with van der Waals surface area (Å²) in [7, 11) is -3.91. The van der Waals surface area contributed by atoms with Crippen LogP contribution in [0.5, 0.6) is 0 Å². The quantitative estimate of drug-likeness (QED) is 0.700. The SMILES string of the molecule is CCC(C)(O)CNS(=O)(=O)c1cc(Br)c(F)cc1N. The molecule has 0 amide bonds. The van der Waals surface area contributed by atoms with Gasteiger partial charge in [-0.15, -0.1) is 0 Å². The fourth-order valence-electron chi connectivity index (χ4n) is 1.23. The smallest absolute Gasteiger partial charge is 0.242 e. The Morgan fingerprint density at radius 3 is 2.63 bits per heavy atom. The maximum atomic E-state index is 13.2. The molecule has 0 aliphatic heterocycles. The number of rotatable bonds is 5. The van der Waals surface area contributed by atoms with Gasteiger partial charge in [-0.2, -0.15) is 0 Å². The van der Waals surface area contributed by atoms with E-state index in [0.717, 1.165) is 12.1 Å². The predicted molar refractivity (Wildman–Crippen MR) is 74.6 cm³/mol. The minimum atomic E-state index is -3.91. The molecule has 19 heavy (non-hydrogen) atoms. The zero-order valence-corrected chi connectivity index (χ0v) is 13.0. The first-order chi connectivity index (χ1) is 8.59. The highest BCUT2D eigenvalue weighted by molar-refractivity contribution is 9.10. The third kappa shape index (κ3) is 4.13. The van der Waals surface area contributed by atoms with E-state index in [1.165, 1.54) is 6.92 Å². The van der Waals surface area contributed by atoms with Gasteiger partial charge >= 0.3 is 0 Å². The van der Waals surface area contributed by atoms with E-state index >= 15 is 0 Å². The molecule has 5 nitrogen and oxygen atoms in total. The number of benzene rings is 1. The molecule has 0 saturated heterocycles. The van der Waals surface area contributed by atoms with Gasteiger partial charge in [0.05, 0.1) is 15.8 Å². The summed E-state index contributed by atoms with van der Waals surface area (Å²) in [5, 5.41) is 9.77. The Morgan fingerprint density at radius 2 is 2.11 bits per heavy atom. The van der Waals surface area contributed by atoms with Crippen LogP contribution in [0.25, 0.3) is 0 Å². The van der Waals surface area contributed by atoms with Crippen LogP contribution in [0, 0.1) is 5.82 Å². The average molecular weight is 355 g/mol. The molecule has 1 unspecified atom stereocenters. The van der Waals surface area contributed by atoms with Crippen LogP contribution in [0.3, 0.4) is 0 Å². The predicted octanol–water partition coefficient (Wildman–Crippen LogP) is 1.61. The first-order valence-corrected chi connectivity index (χ1v) is 7.83. The maximum absolute atomic E-state index is 13.2. The maximum Gasteiger partial charge on any atom is 0.242 e. The van der Waals surface area contributed by atoms with E-state index in [0.29, 0.717) is 6.42 Å². The Balaban J connectivity index is 3.05. The third-order valence-corrected chi connectivity index (χ3v) is 4.81. The molecule has 108 valence electrons. The second-order valence-electron chi connectivity index (χ2n) is 4.48. The van der Waals surface area contributed by atoms with Crippen LogP contribution in [-0.4, -0.2) is 25.7 Å². The topological polar surface area (TPSA) is 92.4 Å². The van der Waals surface area contributed by atoms with Gasteiger partial charge in [-0.1, -0.05) is 6.92 Å².